The average Bonchev–Trinajstić information content (AvgIpc) is 2.61. The van der Waals surface area contributed by atoms with E-state index in [1.807, 2.05) is 0 Å². The van der Waals surface area contributed by atoms with Gasteiger partial charge in [0.15, 0.2) is 5.11 Å². The SMILES string of the molecule is CC(C)NS(=O)(=O)c1ccc(NC(=S)NC(=O)c2ccc(Cl)c([N+](=O)[O-])c2)cc1. The van der Waals surface area contributed by atoms with Crippen molar-refractivity contribution >= 4 is 56.2 Å². The molecule has 0 fully saturated rings. The molecule has 0 unspecified atom stereocenters. The van der Waals surface area contributed by atoms with Crippen LogP contribution in [0.25, 0.3) is 0 Å². The Labute approximate surface area is 177 Å². The van der Waals surface area contributed by atoms with Crippen LogP contribution >= 0.6 is 23.8 Å². The fraction of sp³-hybridized carbons (Fsp3) is 0.176. The summed E-state index contributed by atoms with van der Waals surface area (Å²) in [5.41, 5.74) is 0.0531. The zero-order valence-electron chi connectivity index (χ0n) is 15.3. The van der Waals surface area contributed by atoms with Gasteiger partial charge >= 0.3 is 0 Å². The fourth-order valence-corrected chi connectivity index (χ4v) is 3.88. The number of sulfonamides is 1. The van der Waals surface area contributed by atoms with E-state index in [1.165, 1.54) is 36.4 Å². The number of nitrogens with one attached hydrogen (secondary N) is 3. The Kier molecular flexibility index (Phi) is 7.25. The largest absolute Gasteiger partial charge is 0.332 e. The number of halogens is 1. The second-order valence-electron chi connectivity index (χ2n) is 6.13. The number of rotatable bonds is 6. The number of benzene rings is 2. The number of nitro benzene ring substituents is 1. The van der Waals surface area contributed by atoms with Gasteiger partial charge in [-0.25, -0.2) is 13.1 Å². The average molecular weight is 457 g/mol. The lowest BCUT2D eigenvalue weighted by Crippen LogP contribution is -2.34. The van der Waals surface area contributed by atoms with E-state index in [0.717, 1.165) is 6.07 Å². The van der Waals surface area contributed by atoms with Crippen LogP contribution in [0.5, 0.6) is 0 Å². The van der Waals surface area contributed by atoms with Gasteiger partial charge in [0.1, 0.15) is 5.02 Å². The van der Waals surface area contributed by atoms with Crippen molar-refractivity contribution < 1.29 is 18.1 Å². The predicted molar refractivity (Wildman–Crippen MR) is 114 cm³/mol. The van der Waals surface area contributed by atoms with Crippen LogP contribution in [0.1, 0.15) is 24.2 Å². The summed E-state index contributed by atoms with van der Waals surface area (Å²) in [6.07, 6.45) is 0. The van der Waals surface area contributed by atoms with E-state index in [-0.39, 0.29) is 26.6 Å². The van der Waals surface area contributed by atoms with E-state index < -0.39 is 26.5 Å². The van der Waals surface area contributed by atoms with Crippen LogP contribution in [0.3, 0.4) is 0 Å². The van der Waals surface area contributed by atoms with Crippen LogP contribution in [0, 0.1) is 10.1 Å². The van der Waals surface area contributed by atoms with Crippen molar-refractivity contribution in [1.82, 2.24) is 10.0 Å². The van der Waals surface area contributed by atoms with E-state index >= 15 is 0 Å². The van der Waals surface area contributed by atoms with Crippen LogP contribution in [0.15, 0.2) is 47.4 Å². The monoisotopic (exact) mass is 456 g/mol. The van der Waals surface area contributed by atoms with Gasteiger partial charge in [-0.2, -0.15) is 0 Å². The Morgan fingerprint density at radius 1 is 1.17 bits per heavy atom. The Morgan fingerprint density at radius 3 is 2.34 bits per heavy atom. The van der Waals surface area contributed by atoms with Gasteiger partial charge in [0.2, 0.25) is 10.0 Å². The minimum absolute atomic E-state index is 0.00597. The Hall–Kier alpha value is -2.60. The number of nitro groups is 1. The molecular formula is C17H17ClN4O5S2. The standard InChI is InChI=1S/C17H17ClN4O5S2/c1-10(2)21-29(26,27)13-6-4-12(5-7-13)19-17(28)20-16(23)11-3-8-14(18)15(9-11)22(24)25/h3-10,21H,1-2H3,(H2,19,20,23,28). The summed E-state index contributed by atoms with van der Waals surface area (Å²) in [6.45, 7) is 3.42. The lowest BCUT2D eigenvalue weighted by Gasteiger charge is -2.12. The molecule has 2 aromatic carbocycles. The molecule has 0 aliphatic heterocycles. The fourth-order valence-electron chi connectivity index (χ4n) is 2.23. The third-order valence-electron chi connectivity index (χ3n) is 3.45. The molecule has 3 N–H and O–H groups in total. The van der Waals surface area contributed by atoms with E-state index in [2.05, 4.69) is 15.4 Å². The van der Waals surface area contributed by atoms with Crippen molar-refractivity contribution in [3.63, 3.8) is 0 Å². The van der Waals surface area contributed by atoms with Crippen LogP contribution in [0.4, 0.5) is 11.4 Å². The first-order valence-electron chi connectivity index (χ1n) is 8.18. The molecule has 0 aliphatic carbocycles. The highest BCUT2D eigenvalue weighted by molar-refractivity contribution is 7.89. The van der Waals surface area contributed by atoms with Gasteiger partial charge < -0.3 is 5.32 Å². The third kappa shape index (κ3) is 6.19. The maximum Gasteiger partial charge on any atom is 0.288 e. The predicted octanol–water partition coefficient (Wildman–Crippen LogP) is 3.06. The summed E-state index contributed by atoms with van der Waals surface area (Å²) in [6, 6.07) is 9.12. The maximum absolute atomic E-state index is 12.2. The molecule has 0 radical (unpaired) electrons. The molecule has 2 aromatic rings. The highest BCUT2D eigenvalue weighted by Crippen LogP contribution is 2.25. The number of anilines is 1. The van der Waals surface area contributed by atoms with Gasteiger partial charge in [-0.1, -0.05) is 11.6 Å². The minimum atomic E-state index is -3.62. The number of amides is 1. The van der Waals surface area contributed by atoms with Crippen molar-refractivity contribution in [3.8, 4) is 0 Å². The molecule has 29 heavy (non-hydrogen) atoms. The van der Waals surface area contributed by atoms with Gasteiger partial charge in [-0.15, -0.1) is 0 Å². The van der Waals surface area contributed by atoms with Gasteiger partial charge in [-0.05, 0) is 62.5 Å². The zero-order chi connectivity index (χ0) is 21.8. The molecule has 0 aliphatic rings. The van der Waals surface area contributed by atoms with E-state index in [9.17, 15) is 23.3 Å². The molecule has 2 rings (SSSR count). The Bertz CT molecular complexity index is 1060. The highest BCUT2D eigenvalue weighted by atomic mass is 35.5. The highest BCUT2D eigenvalue weighted by Gasteiger charge is 2.18. The quantitative estimate of drug-likeness (QED) is 0.346. The Balaban J connectivity index is 2.05. The van der Waals surface area contributed by atoms with E-state index in [0.29, 0.717) is 5.69 Å². The van der Waals surface area contributed by atoms with Gasteiger partial charge in [0.25, 0.3) is 11.6 Å². The lowest BCUT2D eigenvalue weighted by molar-refractivity contribution is -0.384. The molecule has 0 heterocycles. The molecule has 154 valence electrons. The smallest absolute Gasteiger partial charge is 0.288 e. The van der Waals surface area contributed by atoms with Gasteiger partial charge in [-0.3, -0.25) is 20.2 Å². The first-order valence-corrected chi connectivity index (χ1v) is 10.4. The number of carbonyl (C=O) groups is 1. The molecule has 0 aromatic heterocycles. The van der Waals surface area contributed by atoms with Crippen molar-refractivity contribution in [2.24, 2.45) is 0 Å². The number of hydrogen-bond donors (Lipinski definition) is 3. The third-order valence-corrected chi connectivity index (χ3v) is 5.64. The van der Waals surface area contributed by atoms with Crippen molar-refractivity contribution in [2.75, 3.05) is 5.32 Å². The molecule has 0 saturated heterocycles. The lowest BCUT2D eigenvalue weighted by atomic mass is 10.2. The summed E-state index contributed by atoms with van der Waals surface area (Å²) in [4.78, 5) is 22.5. The van der Waals surface area contributed by atoms with Gasteiger partial charge in [0.05, 0.1) is 9.82 Å². The molecule has 0 saturated carbocycles. The normalized spacial score (nSPS) is 11.2. The van der Waals surface area contributed by atoms with Crippen molar-refractivity contribution in [3.05, 3.63) is 63.2 Å². The molecule has 9 nitrogen and oxygen atoms in total. The molecular weight excluding hydrogens is 440 g/mol. The molecule has 0 spiro atoms. The van der Waals surface area contributed by atoms with E-state index in [1.54, 1.807) is 13.8 Å². The summed E-state index contributed by atoms with van der Waals surface area (Å²) in [5.74, 6) is -0.664. The number of hydrogen-bond acceptors (Lipinski definition) is 6. The van der Waals surface area contributed by atoms with Gasteiger partial charge in [0, 0.05) is 23.4 Å². The molecule has 0 atom stereocenters. The number of carbonyl (C=O) groups excluding carboxylic acids is 1. The molecule has 0 bridgehead atoms. The molecule has 12 heteroatoms. The minimum Gasteiger partial charge on any atom is -0.332 e. The summed E-state index contributed by atoms with van der Waals surface area (Å²) >= 11 is 10.8. The number of nitrogens with zero attached hydrogens (tertiary/aromatic N) is 1. The Morgan fingerprint density at radius 2 is 1.79 bits per heavy atom. The summed E-state index contributed by atoms with van der Waals surface area (Å²) in [5, 5.41) is 15.9. The number of thiocarbonyl (C=S) groups is 1. The van der Waals surface area contributed by atoms with E-state index in [4.69, 9.17) is 23.8 Å². The topological polar surface area (TPSA) is 130 Å². The van der Waals surface area contributed by atoms with Crippen molar-refractivity contribution in [1.29, 1.82) is 0 Å². The molecule has 1 amide bonds. The zero-order valence-corrected chi connectivity index (χ0v) is 17.7. The second-order valence-corrected chi connectivity index (χ2v) is 8.66. The first kappa shape index (κ1) is 22.7. The van der Waals surface area contributed by atoms with Crippen LogP contribution in [-0.4, -0.2) is 30.4 Å². The van der Waals surface area contributed by atoms with Crippen LogP contribution in [-0.2, 0) is 10.0 Å². The van der Waals surface area contributed by atoms with Crippen LogP contribution < -0.4 is 15.4 Å². The van der Waals surface area contributed by atoms with Crippen LogP contribution in [0.2, 0.25) is 5.02 Å². The second kappa shape index (κ2) is 9.27. The first-order chi connectivity index (χ1) is 13.5. The summed E-state index contributed by atoms with van der Waals surface area (Å²) in [7, 11) is -3.62. The summed E-state index contributed by atoms with van der Waals surface area (Å²) < 4.78 is 26.7. The maximum atomic E-state index is 12.2. The van der Waals surface area contributed by atoms with Crippen molar-refractivity contribution in [2.45, 2.75) is 24.8 Å².